The Balaban J connectivity index is 2.28. The van der Waals surface area contributed by atoms with Crippen molar-refractivity contribution in [1.29, 1.82) is 0 Å². The number of nitrogens with two attached hydrogens (primary N) is 1. The Kier molecular flexibility index (Phi) is 3.56. The van der Waals surface area contributed by atoms with E-state index in [1.165, 1.54) is 0 Å². The van der Waals surface area contributed by atoms with Gasteiger partial charge in [0, 0.05) is 26.6 Å². The van der Waals surface area contributed by atoms with Crippen molar-refractivity contribution in [3.8, 4) is 0 Å². The van der Waals surface area contributed by atoms with Crippen LogP contribution in [0.3, 0.4) is 0 Å². The minimum absolute atomic E-state index is 0.183. The summed E-state index contributed by atoms with van der Waals surface area (Å²) in [6.07, 6.45) is 3.44. The zero-order valence-electron chi connectivity index (χ0n) is 10.1. The third kappa shape index (κ3) is 2.38. The van der Waals surface area contributed by atoms with Crippen molar-refractivity contribution in [2.75, 3.05) is 7.11 Å². The SMILES string of the molecule is COC(c1ccccc1)C(N)c1nccn1C. The largest absolute Gasteiger partial charge is 0.375 e. The van der Waals surface area contributed by atoms with Gasteiger partial charge < -0.3 is 15.0 Å². The molecule has 2 N–H and O–H groups in total. The van der Waals surface area contributed by atoms with Gasteiger partial charge in [0.25, 0.3) is 0 Å². The van der Waals surface area contributed by atoms with Gasteiger partial charge in [-0.25, -0.2) is 4.98 Å². The van der Waals surface area contributed by atoms with Crippen molar-refractivity contribution in [2.45, 2.75) is 12.1 Å². The van der Waals surface area contributed by atoms with Crippen molar-refractivity contribution in [3.63, 3.8) is 0 Å². The molecule has 1 aromatic heterocycles. The molecule has 0 spiro atoms. The van der Waals surface area contributed by atoms with Gasteiger partial charge in [-0.3, -0.25) is 0 Å². The first-order valence-corrected chi connectivity index (χ1v) is 5.54. The number of ether oxygens (including phenoxy) is 1. The van der Waals surface area contributed by atoms with E-state index in [0.717, 1.165) is 11.4 Å². The van der Waals surface area contributed by atoms with E-state index in [9.17, 15) is 0 Å². The van der Waals surface area contributed by atoms with Gasteiger partial charge in [0.2, 0.25) is 0 Å². The minimum Gasteiger partial charge on any atom is -0.375 e. The summed E-state index contributed by atoms with van der Waals surface area (Å²) < 4.78 is 7.41. The van der Waals surface area contributed by atoms with Gasteiger partial charge in [0.15, 0.2) is 0 Å². The number of methoxy groups -OCH3 is 1. The Morgan fingerprint density at radius 3 is 2.53 bits per heavy atom. The molecule has 0 saturated heterocycles. The molecule has 2 aromatic rings. The quantitative estimate of drug-likeness (QED) is 0.873. The van der Waals surface area contributed by atoms with Crippen LogP contribution in [0.15, 0.2) is 42.7 Å². The molecule has 0 amide bonds. The molecular formula is C13H17N3O. The molecule has 1 aromatic carbocycles. The van der Waals surface area contributed by atoms with E-state index >= 15 is 0 Å². The molecule has 0 saturated carbocycles. The van der Waals surface area contributed by atoms with E-state index < -0.39 is 0 Å². The smallest absolute Gasteiger partial charge is 0.128 e. The molecule has 0 bridgehead atoms. The number of aromatic nitrogens is 2. The summed E-state index contributed by atoms with van der Waals surface area (Å²) in [5.41, 5.74) is 7.28. The molecule has 0 radical (unpaired) electrons. The number of benzene rings is 1. The maximum Gasteiger partial charge on any atom is 0.128 e. The predicted molar refractivity (Wildman–Crippen MR) is 66.3 cm³/mol. The van der Waals surface area contributed by atoms with Gasteiger partial charge in [0.1, 0.15) is 11.9 Å². The van der Waals surface area contributed by atoms with Crippen LogP contribution in [-0.4, -0.2) is 16.7 Å². The van der Waals surface area contributed by atoms with E-state index in [0.29, 0.717) is 0 Å². The molecular weight excluding hydrogens is 214 g/mol. The fourth-order valence-electron chi connectivity index (χ4n) is 1.97. The van der Waals surface area contributed by atoms with Crippen LogP contribution < -0.4 is 5.73 Å². The molecule has 2 rings (SSSR count). The average Bonchev–Trinajstić information content (AvgIpc) is 2.77. The molecule has 2 atom stereocenters. The first-order chi connectivity index (χ1) is 8.24. The molecule has 4 heteroatoms. The van der Waals surface area contributed by atoms with Gasteiger partial charge in [-0.1, -0.05) is 30.3 Å². The van der Waals surface area contributed by atoms with Crippen LogP contribution in [0.5, 0.6) is 0 Å². The molecule has 0 aliphatic rings. The predicted octanol–water partition coefficient (Wildman–Crippen LogP) is 1.81. The van der Waals surface area contributed by atoms with Crippen LogP contribution in [-0.2, 0) is 11.8 Å². The summed E-state index contributed by atoms with van der Waals surface area (Å²) in [6, 6.07) is 9.68. The minimum atomic E-state index is -0.276. The van der Waals surface area contributed by atoms with E-state index in [4.69, 9.17) is 10.5 Å². The highest BCUT2D eigenvalue weighted by molar-refractivity contribution is 5.21. The summed E-state index contributed by atoms with van der Waals surface area (Å²) >= 11 is 0. The highest BCUT2D eigenvalue weighted by Crippen LogP contribution is 2.28. The van der Waals surface area contributed by atoms with Crippen LogP contribution in [0.1, 0.15) is 23.5 Å². The van der Waals surface area contributed by atoms with Crippen molar-refractivity contribution in [2.24, 2.45) is 12.8 Å². The van der Waals surface area contributed by atoms with Gasteiger partial charge in [-0.15, -0.1) is 0 Å². The number of rotatable bonds is 4. The number of aryl methyl sites for hydroxylation is 1. The fourth-order valence-corrected chi connectivity index (χ4v) is 1.97. The molecule has 0 fully saturated rings. The molecule has 4 nitrogen and oxygen atoms in total. The van der Waals surface area contributed by atoms with Crippen molar-refractivity contribution < 1.29 is 4.74 Å². The second kappa shape index (κ2) is 5.12. The third-order valence-electron chi connectivity index (χ3n) is 2.86. The Bertz CT molecular complexity index is 467. The lowest BCUT2D eigenvalue weighted by atomic mass is 10.0. The van der Waals surface area contributed by atoms with E-state index in [1.807, 2.05) is 48.1 Å². The van der Waals surface area contributed by atoms with E-state index in [-0.39, 0.29) is 12.1 Å². The monoisotopic (exact) mass is 231 g/mol. The fraction of sp³-hybridized carbons (Fsp3) is 0.308. The lowest BCUT2D eigenvalue weighted by molar-refractivity contribution is 0.0769. The number of hydrogen-bond acceptors (Lipinski definition) is 3. The topological polar surface area (TPSA) is 53.1 Å². The van der Waals surface area contributed by atoms with Crippen molar-refractivity contribution >= 4 is 0 Å². The van der Waals surface area contributed by atoms with Crippen LogP contribution in [0.25, 0.3) is 0 Å². The Morgan fingerprint density at radius 1 is 1.29 bits per heavy atom. The Labute approximate surface area is 101 Å². The van der Waals surface area contributed by atoms with Crippen LogP contribution in [0.2, 0.25) is 0 Å². The maximum absolute atomic E-state index is 6.22. The van der Waals surface area contributed by atoms with Crippen LogP contribution >= 0.6 is 0 Å². The van der Waals surface area contributed by atoms with Gasteiger partial charge in [-0.05, 0) is 5.56 Å². The molecule has 0 aliphatic heterocycles. The molecule has 17 heavy (non-hydrogen) atoms. The number of hydrogen-bond donors (Lipinski definition) is 1. The lowest BCUT2D eigenvalue weighted by Crippen LogP contribution is -2.24. The zero-order chi connectivity index (χ0) is 12.3. The molecule has 2 unspecified atom stereocenters. The summed E-state index contributed by atoms with van der Waals surface area (Å²) in [7, 11) is 3.60. The van der Waals surface area contributed by atoms with Gasteiger partial charge >= 0.3 is 0 Å². The van der Waals surface area contributed by atoms with E-state index in [2.05, 4.69) is 4.98 Å². The van der Waals surface area contributed by atoms with E-state index in [1.54, 1.807) is 13.3 Å². The summed E-state index contributed by atoms with van der Waals surface area (Å²) in [4.78, 5) is 4.27. The normalized spacial score (nSPS) is 14.5. The Morgan fingerprint density at radius 2 is 2.00 bits per heavy atom. The summed E-state index contributed by atoms with van der Waals surface area (Å²) in [5, 5.41) is 0. The van der Waals surface area contributed by atoms with Gasteiger partial charge in [0.05, 0.1) is 6.04 Å². The number of imidazole rings is 1. The summed E-state index contributed by atoms with van der Waals surface area (Å²) in [6.45, 7) is 0. The molecule has 0 aliphatic carbocycles. The third-order valence-corrected chi connectivity index (χ3v) is 2.86. The van der Waals surface area contributed by atoms with Crippen molar-refractivity contribution in [1.82, 2.24) is 9.55 Å². The highest BCUT2D eigenvalue weighted by atomic mass is 16.5. The molecule has 1 heterocycles. The maximum atomic E-state index is 6.22. The lowest BCUT2D eigenvalue weighted by Gasteiger charge is -2.22. The Hall–Kier alpha value is -1.65. The zero-order valence-corrected chi connectivity index (χ0v) is 10.1. The first kappa shape index (κ1) is 11.8. The number of nitrogens with zero attached hydrogens (tertiary/aromatic N) is 2. The average molecular weight is 231 g/mol. The van der Waals surface area contributed by atoms with Crippen LogP contribution in [0, 0.1) is 0 Å². The highest BCUT2D eigenvalue weighted by Gasteiger charge is 2.23. The summed E-state index contributed by atoms with van der Waals surface area (Å²) in [5.74, 6) is 0.820. The molecule has 90 valence electrons. The van der Waals surface area contributed by atoms with Crippen molar-refractivity contribution in [3.05, 3.63) is 54.1 Å². The standard InChI is InChI=1S/C13H17N3O/c1-16-9-8-15-13(16)11(14)12(17-2)10-6-4-3-5-7-10/h3-9,11-12H,14H2,1-2H3. The second-order valence-corrected chi connectivity index (χ2v) is 3.99. The van der Waals surface area contributed by atoms with Crippen LogP contribution in [0.4, 0.5) is 0 Å². The second-order valence-electron chi connectivity index (χ2n) is 3.99. The van der Waals surface area contributed by atoms with Gasteiger partial charge in [-0.2, -0.15) is 0 Å². The first-order valence-electron chi connectivity index (χ1n) is 5.54.